The number of nitrogens with zero attached hydrogens (tertiary/aromatic N) is 1. The Balaban J connectivity index is 1.84. The molecule has 2 rings (SSSR count). The Labute approximate surface area is 95.3 Å². The van der Waals surface area contributed by atoms with Crippen molar-refractivity contribution < 1.29 is 9.59 Å². The monoisotopic (exact) mass is 225 g/mol. The molecule has 3 N–H and O–H groups in total. The van der Waals surface area contributed by atoms with Gasteiger partial charge in [-0.25, -0.2) is 0 Å². The van der Waals surface area contributed by atoms with Crippen LogP contribution in [0.25, 0.3) is 0 Å². The minimum atomic E-state index is -0.230. The zero-order chi connectivity index (χ0) is 11.5. The zero-order valence-corrected chi connectivity index (χ0v) is 9.45. The maximum Gasteiger partial charge on any atom is 0.239 e. The standard InChI is InChI=1S/C11H19N3O2/c12-10(15)8-3-6-14(7-4-8)11(16)9-2-1-5-13-9/h8-9,13H,1-7H2,(H2,12,15)/t9-/m0/s1. The van der Waals surface area contributed by atoms with Crippen molar-refractivity contribution in [2.24, 2.45) is 11.7 Å². The largest absolute Gasteiger partial charge is 0.369 e. The summed E-state index contributed by atoms with van der Waals surface area (Å²) in [5, 5.41) is 3.20. The van der Waals surface area contributed by atoms with E-state index >= 15 is 0 Å². The number of carbonyl (C=O) groups is 2. The fraction of sp³-hybridized carbons (Fsp3) is 0.818. The number of nitrogens with one attached hydrogen (secondary N) is 1. The Hall–Kier alpha value is -1.10. The summed E-state index contributed by atoms with van der Waals surface area (Å²) in [5.41, 5.74) is 5.26. The Kier molecular flexibility index (Phi) is 3.43. The summed E-state index contributed by atoms with van der Waals surface area (Å²) in [6, 6.07) is 0.00475. The maximum atomic E-state index is 12.0. The van der Waals surface area contributed by atoms with E-state index < -0.39 is 0 Å². The molecule has 90 valence electrons. The molecule has 0 aromatic carbocycles. The van der Waals surface area contributed by atoms with Gasteiger partial charge in [0.15, 0.2) is 0 Å². The Morgan fingerprint density at radius 3 is 2.38 bits per heavy atom. The van der Waals surface area contributed by atoms with Gasteiger partial charge in [-0.05, 0) is 32.2 Å². The predicted octanol–water partition coefficient (Wildman–Crippen LogP) is -0.538. The summed E-state index contributed by atoms with van der Waals surface area (Å²) in [5.74, 6) is -0.0768. The van der Waals surface area contributed by atoms with Crippen LogP contribution in [-0.2, 0) is 9.59 Å². The van der Waals surface area contributed by atoms with Gasteiger partial charge in [-0.15, -0.1) is 0 Å². The van der Waals surface area contributed by atoms with Crippen LogP contribution in [0.1, 0.15) is 25.7 Å². The summed E-state index contributed by atoms with van der Waals surface area (Å²) in [4.78, 5) is 24.9. The minimum absolute atomic E-state index is 0.00475. The lowest BCUT2D eigenvalue weighted by Crippen LogP contribution is -2.48. The van der Waals surface area contributed by atoms with Crippen LogP contribution in [0.15, 0.2) is 0 Å². The number of piperidine rings is 1. The van der Waals surface area contributed by atoms with Crippen LogP contribution in [0.3, 0.4) is 0 Å². The molecule has 0 radical (unpaired) electrons. The van der Waals surface area contributed by atoms with Crippen molar-refractivity contribution >= 4 is 11.8 Å². The van der Waals surface area contributed by atoms with Gasteiger partial charge in [-0.1, -0.05) is 0 Å². The Morgan fingerprint density at radius 1 is 1.19 bits per heavy atom. The highest BCUT2D eigenvalue weighted by atomic mass is 16.2. The first-order valence-electron chi connectivity index (χ1n) is 6.00. The molecule has 0 aromatic heterocycles. The van der Waals surface area contributed by atoms with Crippen molar-refractivity contribution in [1.82, 2.24) is 10.2 Å². The molecule has 0 saturated carbocycles. The lowest BCUT2D eigenvalue weighted by Gasteiger charge is -2.32. The lowest BCUT2D eigenvalue weighted by molar-refractivity contribution is -0.136. The Morgan fingerprint density at radius 2 is 1.88 bits per heavy atom. The van der Waals surface area contributed by atoms with Crippen LogP contribution < -0.4 is 11.1 Å². The molecule has 1 atom stereocenters. The summed E-state index contributed by atoms with van der Waals surface area (Å²) >= 11 is 0. The van der Waals surface area contributed by atoms with Crippen LogP contribution in [0.4, 0.5) is 0 Å². The van der Waals surface area contributed by atoms with Gasteiger partial charge in [0.2, 0.25) is 11.8 Å². The molecule has 0 bridgehead atoms. The number of rotatable bonds is 2. The van der Waals surface area contributed by atoms with E-state index in [1.165, 1.54) is 0 Å². The van der Waals surface area contributed by atoms with Crippen LogP contribution in [0, 0.1) is 5.92 Å². The number of nitrogens with two attached hydrogens (primary N) is 1. The van der Waals surface area contributed by atoms with Crippen molar-refractivity contribution in [2.75, 3.05) is 19.6 Å². The second-order valence-corrected chi connectivity index (χ2v) is 4.65. The number of carbonyl (C=O) groups excluding carboxylic acids is 2. The molecule has 2 heterocycles. The lowest BCUT2D eigenvalue weighted by atomic mass is 9.96. The fourth-order valence-electron chi connectivity index (χ4n) is 2.50. The van der Waals surface area contributed by atoms with Gasteiger partial charge < -0.3 is 16.0 Å². The van der Waals surface area contributed by atoms with E-state index in [9.17, 15) is 9.59 Å². The zero-order valence-electron chi connectivity index (χ0n) is 9.45. The van der Waals surface area contributed by atoms with Crippen molar-refractivity contribution in [2.45, 2.75) is 31.7 Å². The number of likely N-dealkylation sites (tertiary alicyclic amines) is 1. The van der Waals surface area contributed by atoms with Gasteiger partial charge in [0.25, 0.3) is 0 Å². The molecule has 0 aliphatic carbocycles. The molecule has 0 spiro atoms. The Bertz CT molecular complexity index is 279. The van der Waals surface area contributed by atoms with Crippen LogP contribution in [0.2, 0.25) is 0 Å². The topological polar surface area (TPSA) is 75.4 Å². The van der Waals surface area contributed by atoms with E-state index in [1.807, 2.05) is 4.90 Å². The normalized spacial score (nSPS) is 27.0. The van der Waals surface area contributed by atoms with Gasteiger partial charge in [0.05, 0.1) is 6.04 Å². The summed E-state index contributed by atoms with van der Waals surface area (Å²) in [7, 11) is 0. The molecule has 0 unspecified atom stereocenters. The molecule has 0 aromatic rings. The summed E-state index contributed by atoms with van der Waals surface area (Å²) in [6.45, 7) is 2.28. The molecule has 2 fully saturated rings. The van der Waals surface area contributed by atoms with Crippen molar-refractivity contribution in [3.63, 3.8) is 0 Å². The van der Waals surface area contributed by atoms with E-state index in [1.54, 1.807) is 0 Å². The van der Waals surface area contributed by atoms with Gasteiger partial charge >= 0.3 is 0 Å². The number of amides is 2. The van der Waals surface area contributed by atoms with E-state index in [2.05, 4.69) is 5.32 Å². The number of hydrogen-bond donors (Lipinski definition) is 2. The van der Waals surface area contributed by atoms with Crippen LogP contribution >= 0.6 is 0 Å². The van der Waals surface area contributed by atoms with Crippen LogP contribution in [-0.4, -0.2) is 42.4 Å². The number of hydrogen-bond acceptors (Lipinski definition) is 3. The van der Waals surface area contributed by atoms with E-state index in [-0.39, 0.29) is 23.8 Å². The second-order valence-electron chi connectivity index (χ2n) is 4.65. The smallest absolute Gasteiger partial charge is 0.239 e. The molecular weight excluding hydrogens is 206 g/mol. The quantitative estimate of drug-likeness (QED) is 0.663. The predicted molar refractivity (Wildman–Crippen MR) is 59.5 cm³/mol. The van der Waals surface area contributed by atoms with Gasteiger partial charge in [-0.2, -0.15) is 0 Å². The first-order chi connectivity index (χ1) is 7.68. The van der Waals surface area contributed by atoms with Gasteiger partial charge in [0, 0.05) is 19.0 Å². The molecule has 5 heteroatoms. The molecule has 5 nitrogen and oxygen atoms in total. The van der Waals surface area contributed by atoms with E-state index in [0.29, 0.717) is 25.9 Å². The number of primary amides is 1. The third-order valence-electron chi connectivity index (χ3n) is 3.57. The first kappa shape index (κ1) is 11.4. The fourth-order valence-corrected chi connectivity index (χ4v) is 2.50. The molecular formula is C11H19N3O2. The average molecular weight is 225 g/mol. The summed E-state index contributed by atoms with van der Waals surface area (Å²) in [6.07, 6.45) is 3.45. The summed E-state index contributed by atoms with van der Waals surface area (Å²) < 4.78 is 0. The third-order valence-corrected chi connectivity index (χ3v) is 3.57. The van der Waals surface area contributed by atoms with Crippen molar-refractivity contribution in [1.29, 1.82) is 0 Å². The molecule has 16 heavy (non-hydrogen) atoms. The average Bonchev–Trinajstić information content (AvgIpc) is 2.81. The van der Waals surface area contributed by atoms with Crippen LogP contribution in [0.5, 0.6) is 0 Å². The van der Waals surface area contributed by atoms with Gasteiger partial charge in [0.1, 0.15) is 0 Å². The van der Waals surface area contributed by atoms with Crippen molar-refractivity contribution in [3.05, 3.63) is 0 Å². The third kappa shape index (κ3) is 2.35. The highest BCUT2D eigenvalue weighted by molar-refractivity contribution is 5.83. The SMILES string of the molecule is NC(=O)C1CCN(C(=O)[C@@H]2CCCN2)CC1. The second kappa shape index (κ2) is 4.82. The molecule has 2 saturated heterocycles. The van der Waals surface area contributed by atoms with E-state index in [0.717, 1.165) is 19.4 Å². The van der Waals surface area contributed by atoms with Crippen molar-refractivity contribution in [3.8, 4) is 0 Å². The molecule has 2 aliphatic rings. The highest BCUT2D eigenvalue weighted by Gasteiger charge is 2.30. The van der Waals surface area contributed by atoms with E-state index in [4.69, 9.17) is 5.73 Å². The maximum absolute atomic E-state index is 12.0. The van der Waals surface area contributed by atoms with Gasteiger partial charge in [-0.3, -0.25) is 9.59 Å². The molecule has 2 amide bonds. The first-order valence-corrected chi connectivity index (χ1v) is 6.00. The molecule has 2 aliphatic heterocycles. The highest BCUT2D eigenvalue weighted by Crippen LogP contribution is 2.18. The minimum Gasteiger partial charge on any atom is -0.369 e.